The molecule has 9 heteroatoms. The van der Waals surface area contributed by atoms with Crippen LogP contribution >= 0.6 is 24.0 Å². The molecule has 1 aromatic rings. The van der Waals surface area contributed by atoms with Gasteiger partial charge < -0.3 is 15.5 Å². The molecule has 2 unspecified atom stereocenters. The Balaban J connectivity index is 0.00000320. The van der Waals surface area contributed by atoms with Crippen molar-refractivity contribution in [3.8, 4) is 0 Å². The predicted octanol–water partition coefficient (Wildman–Crippen LogP) is 4.21. The van der Waals surface area contributed by atoms with E-state index in [1.807, 2.05) is 17.0 Å². The smallest absolute Gasteiger partial charge is 0.356 e. The Labute approximate surface area is 192 Å². The van der Waals surface area contributed by atoms with Crippen LogP contribution in [0.2, 0.25) is 0 Å². The number of fused-ring (bicyclic) bond motifs is 1. The molecule has 1 heterocycles. The molecular formula is C21H30F3IN4O. The molecule has 0 spiro atoms. The first kappa shape index (κ1) is 24.7. The number of aliphatic imine (C=N–C) groups is 1. The maximum atomic E-state index is 13.0. The number of hydrogen-bond donors (Lipinski definition) is 2. The van der Waals surface area contributed by atoms with Gasteiger partial charge in [-0.2, -0.15) is 13.2 Å². The number of amides is 1. The van der Waals surface area contributed by atoms with Crippen LogP contribution in [0, 0.1) is 5.92 Å². The van der Waals surface area contributed by atoms with E-state index in [0.29, 0.717) is 51.3 Å². The lowest BCUT2D eigenvalue weighted by Crippen LogP contribution is -2.47. The molecule has 1 fully saturated rings. The standard InChI is InChI=1S/C21H29F3N4O.HI/c1-25-20(27-18-9-4-8-17(12-18)21(22,23)24)26-11-5-10-19(29)28-13-15-6-2-3-7-16(15)14-28;/h2-3,6-7,17-18H,4-5,8-14H2,1H3,(H2,25,26,27);1H. The number of carbonyl (C=O) groups is 1. The Morgan fingerprint density at radius 1 is 1.20 bits per heavy atom. The molecule has 3 rings (SSSR count). The van der Waals surface area contributed by atoms with E-state index >= 15 is 0 Å². The Kier molecular flexibility index (Phi) is 9.24. The van der Waals surface area contributed by atoms with Crippen molar-refractivity contribution in [3.63, 3.8) is 0 Å². The average Bonchev–Trinajstić information content (AvgIpc) is 3.14. The first-order valence-electron chi connectivity index (χ1n) is 10.2. The molecule has 0 bridgehead atoms. The number of nitrogens with zero attached hydrogens (tertiary/aromatic N) is 2. The van der Waals surface area contributed by atoms with Crippen LogP contribution < -0.4 is 10.6 Å². The lowest BCUT2D eigenvalue weighted by atomic mass is 9.85. The summed E-state index contributed by atoms with van der Waals surface area (Å²) in [5.41, 5.74) is 2.40. The number of rotatable bonds is 5. The van der Waals surface area contributed by atoms with Crippen LogP contribution in [0.25, 0.3) is 0 Å². The molecule has 0 radical (unpaired) electrons. The number of nitrogens with one attached hydrogen (secondary N) is 2. The second kappa shape index (κ2) is 11.2. The third-order valence-corrected chi connectivity index (χ3v) is 5.75. The maximum Gasteiger partial charge on any atom is 0.391 e. The zero-order valence-electron chi connectivity index (χ0n) is 17.2. The van der Waals surface area contributed by atoms with E-state index in [9.17, 15) is 18.0 Å². The lowest BCUT2D eigenvalue weighted by Gasteiger charge is -2.31. The summed E-state index contributed by atoms with van der Waals surface area (Å²) >= 11 is 0. The molecule has 2 aliphatic rings. The fraction of sp³-hybridized carbons (Fsp3) is 0.619. The zero-order valence-corrected chi connectivity index (χ0v) is 19.5. The van der Waals surface area contributed by atoms with Gasteiger partial charge in [-0.25, -0.2) is 0 Å². The van der Waals surface area contributed by atoms with E-state index in [0.717, 1.165) is 0 Å². The van der Waals surface area contributed by atoms with Crippen molar-refractivity contribution in [3.05, 3.63) is 35.4 Å². The van der Waals surface area contributed by atoms with E-state index in [-0.39, 0.29) is 48.8 Å². The number of carbonyl (C=O) groups excluding carboxylic acids is 1. The van der Waals surface area contributed by atoms with Gasteiger partial charge in [-0.05, 0) is 36.8 Å². The highest BCUT2D eigenvalue weighted by Gasteiger charge is 2.42. The Morgan fingerprint density at radius 3 is 2.47 bits per heavy atom. The largest absolute Gasteiger partial charge is 0.391 e. The van der Waals surface area contributed by atoms with Crippen LogP contribution in [0.5, 0.6) is 0 Å². The molecule has 1 aromatic carbocycles. The molecule has 2 N–H and O–H groups in total. The molecule has 1 amide bonds. The molecule has 0 saturated heterocycles. The molecule has 5 nitrogen and oxygen atoms in total. The van der Waals surface area contributed by atoms with E-state index in [1.165, 1.54) is 11.1 Å². The highest BCUT2D eigenvalue weighted by molar-refractivity contribution is 14.0. The summed E-state index contributed by atoms with van der Waals surface area (Å²) in [5, 5.41) is 6.23. The van der Waals surface area contributed by atoms with Gasteiger partial charge in [0, 0.05) is 39.1 Å². The van der Waals surface area contributed by atoms with Gasteiger partial charge in [0.15, 0.2) is 5.96 Å². The van der Waals surface area contributed by atoms with Crippen LogP contribution in [0.15, 0.2) is 29.3 Å². The van der Waals surface area contributed by atoms with Gasteiger partial charge >= 0.3 is 6.18 Å². The van der Waals surface area contributed by atoms with Crippen molar-refractivity contribution >= 4 is 35.8 Å². The fourth-order valence-electron chi connectivity index (χ4n) is 4.12. The molecule has 1 saturated carbocycles. The molecular weight excluding hydrogens is 508 g/mol. The first-order valence-corrected chi connectivity index (χ1v) is 10.2. The Hall–Kier alpha value is -1.52. The lowest BCUT2D eigenvalue weighted by molar-refractivity contribution is -0.183. The molecule has 168 valence electrons. The Morgan fingerprint density at radius 2 is 1.87 bits per heavy atom. The summed E-state index contributed by atoms with van der Waals surface area (Å²) in [4.78, 5) is 18.4. The molecule has 1 aliphatic carbocycles. The van der Waals surface area contributed by atoms with Crippen molar-refractivity contribution in [1.82, 2.24) is 15.5 Å². The van der Waals surface area contributed by atoms with Gasteiger partial charge in [0.05, 0.1) is 5.92 Å². The van der Waals surface area contributed by atoms with Crippen molar-refractivity contribution in [2.75, 3.05) is 13.6 Å². The van der Waals surface area contributed by atoms with Gasteiger partial charge in [-0.1, -0.05) is 30.7 Å². The minimum atomic E-state index is -4.13. The van der Waals surface area contributed by atoms with Gasteiger partial charge in [0.1, 0.15) is 0 Å². The number of benzene rings is 1. The van der Waals surface area contributed by atoms with Crippen LogP contribution in [0.3, 0.4) is 0 Å². The SMILES string of the molecule is CN=C(NCCCC(=O)N1Cc2ccccc2C1)NC1CCCC(C(F)(F)F)C1.I. The second-order valence-electron chi connectivity index (χ2n) is 7.87. The third-order valence-electron chi connectivity index (χ3n) is 5.75. The summed E-state index contributed by atoms with van der Waals surface area (Å²) in [5.74, 6) is -0.626. The molecule has 0 aromatic heterocycles. The summed E-state index contributed by atoms with van der Waals surface area (Å²) in [7, 11) is 1.60. The highest BCUT2D eigenvalue weighted by atomic mass is 127. The Bertz CT molecular complexity index is 716. The number of halogens is 4. The van der Waals surface area contributed by atoms with E-state index < -0.39 is 12.1 Å². The maximum absolute atomic E-state index is 13.0. The zero-order chi connectivity index (χ0) is 20.9. The van der Waals surface area contributed by atoms with Crippen LogP contribution in [-0.4, -0.2) is 42.6 Å². The van der Waals surface area contributed by atoms with Gasteiger partial charge in [-0.15, -0.1) is 24.0 Å². The van der Waals surface area contributed by atoms with Crippen molar-refractivity contribution in [2.45, 2.75) is 63.8 Å². The molecule has 1 aliphatic heterocycles. The summed E-state index contributed by atoms with van der Waals surface area (Å²) in [6, 6.07) is 7.84. The fourth-order valence-corrected chi connectivity index (χ4v) is 4.12. The minimum Gasteiger partial charge on any atom is -0.356 e. The number of guanidine groups is 1. The monoisotopic (exact) mass is 538 g/mol. The quantitative estimate of drug-likeness (QED) is 0.256. The van der Waals surface area contributed by atoms with Crippen LogP contribution in [0.1, 0.15) is 49.7 Å². The molecule has 30 heavy (non-hydrogen) atoms. The number of hydrogen-bond acceptors (Lipinski definition) is 2. The van der Waals surface area contributed by atoms with Gasteiger partial charge in [-0.3, -0.25) is 9.79 Å². The van der Waals surface area contributed by atoms with Crippen LogP contribution in [0.4, 0.5) is 13.2 Å². The predicted molar refractivity (Wildman–Crippen MR) is 122 cm³/mol. The minimum absolute atomic E-state index is 0. The first-order chi connectivity index (χ1) is 13.9. The van der Waals surface area contributed by atoms with E-state index in [2.05, 4.69) is 27.8 Å². The summed E-state index contributed by atoms with van der Waals surface area (Å²) in [6.07, 6.45) is -1.51. The topological polar surface area (TPSA) is 56.7 Å². The van der Waals surface area contributed by atoms with Gasteiger partial charge in [0.2, 0.25) is 5.91 Å². The summed E-state index contributed by atoms with van der Waals surface area (Å²) < 4.78 is 38.9. The van der Waals surface area contributed by atoms with E-state index in [4.69, 9.17) is 0 Å². The van der Waals surface area contributed by atoms with Crippen molar-refractivity contribution in [2.24, 2.45) is 10.9 Å². The normalized spacial score (nSPS) is 21.6. The van der Waals surface area contributed by atoms with Gasteiger partial charge in [0.25, 0.3) is 0 Å². The number of alkyl halides is 3. The van der Waals surface area contributed by atoms with Crippen LogP contribution in [-0.2, 0) is 17.9 Å². The second-order valence-corrected chi connectivity index (χ2v) is 7.87. The van der Waals surface area contributed by atoms with Crippen molar-refractivity contribution in [1.29, 1.82) is 0 Å². The van der Waals surface area contributed by atoms with Crippen molar-refractivity contribution < 1.29 is 18.0 Å². The average molecular weight is 538 g/mol. The molecule has 2 atom stereocenters. The highest BCUT2D eigenvalue weighted by Crippen LogP contribution is 2.37. The third kappa shape index (κ3) is 6.75. The summed E-state index contributed by atoms with van der Waals surface area (Å²) in [6.45, 7) is 1.86. The van der Waals surface area contributed by atoms with E-state index in [1.54, 1.807) is 7.05 Å².